The number of carbonyl (C=O) groups is 3. The van der Waals surface area contributed by atoms with Crippen LogP contribution in [0, 0.1) is 0 Å². The van der Waals surface area contributed by atoms with Crippen molar-refractivity contribution < 1.29 is 24.2 Å². The summed E-state index contributed by atoms with van der Waals surface area (Å²) in [4.78, 5) is 35.2. The minimum absolute atomic E-state index is 0.313. The quantitative estimate of drug-likeness (QED) is 0.670. The summed E-state index contributed by atoms with van der Waals surface area (Å²) in [6, 6.07) is 5.43. The molecular weight excluding hydrogens is 336 g/mol. The van der Waals surface area contributed by atoms with Crippen molar-refractivity contribution in [3.63, 3.8) is 0 Å². The van der Waals surface area contributed by atoms with Gasteiger partial charge >= 0.3 is 11.9 Å². The van der Waals surface area contributed by atoms with Gasteiger partial charge in [0.05, 0.1) is 6.42 Å². The van der Waals surface area contributed by atoms with Crippen LogP contribution in [0.4, 0.5) is 0 Å². The van der Waals surface area contributed by atoms with Crippen molar-refractivity contribution in [2.75, 3.05) is 0 Å². The highest BCUT2D eigenvalue weighted by Gasteiger charge is 2.46. The van der Waals surface area contributed by atoms with Crippen molar-refractivity contribution in [2.45, 2.75) is 43.4 Å². The molecule has 1 fully saturated rings. The standard InChI is InChI=1S/C16H19ClN2O5/c17-10-5-2-1-4-9(10)16(19)7-3-6-12(14(16)22)24-15(23)11(18)8-13(20)21/h1-2,4-5,11-12H,3,6-8,18-19H2,(H,20,21)/t11-,12+,16+/m0/s1. The summed E-state index contributed by atoms with van der Waals surface area (Å²) < 4.78 is 5.12. The Kier molecular flexibility index (Phi) is 5.58. The lowest BCUT2D eigenvalue weighted by molar-refractivity contribution is -0.162. The maximum absolute atomic E-state index is 12.8. The summed E-state index contributed by atoms with van der Waals surface area (Å²) >= 11 is 6.15. The topological polar surface area (TPSA) is 133 Å². The largest absolute Gasteiger partial charge is 0.481 e. The molecule has 5 N–H and O–H groups in total. The summed E-state index contributed by atoms with van der Waals surface area (Å²) in [6.07, 6.45) is -0.386. The minimum atomic E-state index is -1.35. The molecule has 0 aliphatic heterocycles. The van der Waals surface area contributed by atoms with Crippen LogP contribution in [0.15, 0.2) is 24.3 Å². The first-order valence-corrected chi connectivity index (χ1v) is 7.89. The lowest BCUT2D eigenvalue weighted by atomic mass is 9.75. The van der Waals surface area contributed by atoms with Gasteiger partial charge in [-0.15, -0.1) is 0 Å². The van der Waals surface area contributed by atoms with Gasteiger partial charge in [-0.05, 0) is 30.9 Å². The molecule has 0 heterocycles. The highest BCUT2D eigenvalue weighted by molar-refractivity contribution is 6.31. The van der Waals surface area contributed by atoms with Gasteiger partial charge in [0.25, 0.3) is 0 Å². The van der Waals surface area contributed by atoms with Gasteiger partial charge in [0, 0.05) is 5.02 Å². The third-order valence-electron chi connectivity index (χ3n) is 4.08. The van der Waals surface area contributed by atoms with Gasteiger partial charge in [-0.2, -0.15) is 0 Å². The predicted octanol–water partition coefficient (Wildman–Crippen LogP) is 0.961. The number of halogens is 1. The van der Waals surface area contributed by atoms with Crippen LogP contribution < -0.4 is 11.5 Å². The number of carboxylic acid groups (broad SMARTS) is 1. The van der Waals surface area contributed by atoms with Gasteiger partial charge in [0.1, 0.15) is 11.6 Å². The van der Waals surface area contributed by atoms with Gasteiger partial charge in [-0.1, -0.05) is 29.8 Å². The number of rotatable bonds is 5. The third-order valence-corrected chi connectivity index (χ3v) is 4.41. The molecule has 7 nitrogen and oxygen atoms in total. The summed E-state index contributed by atoms with van der Waals surface area (Å²) in [5, 5.41) is 9.03. The van der Waals surface area contributed by atoms with E-state index < -0.39 is 41.8 Å². The first-order valence-electron chi connectivity index (χ1n) is 7.52. The molecule has 1 saturated carbocycles. The number of carboxylic acids is 1. The van der Waals surface area contributed by atoms with Crippen molar-refractivity contribution >= 4 is 29.3 Å². The van der Waals surface area contributed by atoms with Gasteiger partial charge < -0.3 is 21.3 Å². The second-order valence-electron chi connectivity index (χ2n) is 5.84. The number of ketones is 1. The Labute approximate surface area is 143 Å². The summed E-state index contributed by atoms with van der Waals surface area (Å²) in [5.41, 5.74) is 10.9. The minimum Gasteiger partial charge on any atom is -0.481 e. The monoisotopic (exact) mass is 354 g/mol. The van der Waals surface area contributed by atoms with E-state index in [2.05, 4.69) is 0 Å². The SMILES string of the molecule is N[C@@H](CC(=O)O)C(=O)O[C@@H]1CCC[C@@](N)(c2ccccc2Cl)C1=O. The number of esters is 1. The second-order valence-corrected chi connectivity index (χ2v) is 6.24. The molecule has 0 bridgehead atoms. The Morgan fingerprint density at radius 1 is 1.42 bits per heavy atom. The highest BCUT2D eigenvalue weighted by Crippen LogP contribution is 2.36. The molecular formula is C16H19ClN2O5. The zero-order chi connectivity index (χ0) is 17.9. The highest BCUT2D eigenvalue weighted by atomic mass is 35.5. The lowest BCUT2D eigenvalue weighted by Gasteiger charge is -2.36. The molecule has 0 saturated heterocycles. The van der Waals surface area contributed by atoms with Crippen LogP contribution in [0.1, 0.15) is 31.2 Å². The van der Waals surface area contributed by atoms with Crippen LogP contribution >= 0.6 is 11.6 Å². The van der Waals surface area contributed by atoms with E-state index in [0.717, 1.165) is 0 Å². The van der Waals surface area contributed by atoms with Gasteiger partial charge in [0.15, 0.2) is 11.9 Å². The fraction of sp³-hybridized carbons (Fsp3) is 0.438. The Hall–Kier alpha value is -1.96. The van der Waals surface area contributed by atoms with E-state index in [1.165, 1.54) is 0 Å². The number of carbonyl (C=O) groups excluding carboxylic acids is 2. The number of Topliss-reactive ketones (excluding diaryl/α,β-unsaturated/α-hetero) is 1. The number of hydrogen-bond donors (Lipinski definition) is 3. The van der Waals surface area contributed by atoms with E-state index in [0.29, 0.717) is 29.8 Å². The van der Waals surface area contributed by atoms with E-state index in [9.17, 15) is 14.4 Å². The molecule has 0 amide bonds. The van der Waals surface area contributed by atoms with Crippen molar-refractivity contribution in [1.82, 2.24) is 0 Å². The van der Waals surface area contributed by atoms with Crippen molar-refractivity contribution in [1.29, 1.82) is 0 Å². The summed E-state index contributed by atoms with van der Waals surface area (Å²) in [6.45, 7) is 0. The fourth-order valence-electron chi connectivity index (χ4n) is 2.81. The van der Waals surface area contributed by atoms with Crippen LogP contribution in [0.3, 0.4) is 0 Å². The lowest BCUT2D eigenvalue weighted by Crippen LogP contribution is -2.54. The number of ether oxygens (including phenoxy) is 1. The van der Waals surface area contributed by atoms with E-state index in [1.54, 1.807) is 24.3 Å². The van der Waals surface area contributed by atoms with Gasteiger partial charge in [-0.25, -0.2) is 0 Å². The number of hydrogen-bond acceptors (Lipinski definition) is 6. The van der Waals surface area contributed by atoms with Crippen molar-refractivity contribution in [3.05, 3.63) is 34.9 Å². The second kappa shape index (κ2) is 7.29. The Balaban J connectivity index is 2.17. The maximum atomic E-state index is 12.8. The summed E-state index contributed by atoms with van der Waals surface area (Å²) in [7, 11) is 0. The first kappa shape index (κ1) is 18.4. The van der Waals surface area contributed by atoms with Crippen LogP contribution in [0.5, 0.6) is 0 Å². The van der Waals surface area contributed by atoms with Crippen LogP contribution in [0.2, 0.25) is 5.02 Å². The molecule has 1 aliphatic carbocycles. The molecule has 1 aromatic rings. The van der Waals surface area contributed by atoms with E-state index in [4.69, 9.17) is 32.9 Å². The van der Waals surface area contributed by atoms with Gasteiger partial charge in [-0.3, -0.25) is 14.4 Å². The Morgan fingerprint density at radius 2 is 2.08 bits per heavy atom. The van der Waals surface area contributed by atoms with Gasteiger partial charge in [0.2, 0.25) is 0 Å². The zero-order valence-corrected chi connectivity index (χ0v) is 13.7. The first-order chi connectivity index (χ1) is 11.3. The Morgan fingerprint density at radius 3 is 2.71 bits per heavy atom. The molecule has 3 atom stereocenters. The van der Waals surface area contributed by atoms with Crippen LogP contribution in [-0.4, -0.2) is 35.0 Å². The summed E-state index contributed by atoms with van der Waals surface area (Å²) in [5.74, 6) is -2.62. The molecule has 0 radical (unpaired) electrons. The molecule has 24 heavy (non-hydrogen) atoms. The molecule has 0 aromatic heterocycles. The molecule has 0 unspecified atom stereocenters. The molecule has 2 rings (SSSR count). The average molecular weight is 355 g/mol. The molecule has 130 valence electrons. The zero-order valence-electron chi connectivity index (χ0n) is 12.9. The van der Waals surface area contributed by atoms with Crippen molar-refractivity contribution in [2.24, 2.45) is 11.5 Å². The average Bonchev–Trinajstić information content (AvgIpc) is 2.51. The molecule has 0 spiro atoms. The van der Waals surface area contributed by atoms with E-state index in [1.807, 2.05) is 0 Å². The predicted molar refractivity (Wildman–Crippen MR) is 86.3 cm³/mol. The van der Waals surface area contributed by atoms with Crippen molar-refractivity contribution in [3.8, 4) is 0 Å². The molecule has 8 heteroatoms. The smallest absolute Gasteiger partial charge is 0.324 e. The normalized spacial score (nSPS) is 25.1. The third kappa shape index (κ3) is 3.75. The number of nitrogens with two attached hydrogens (primary N) is 2. The van der Waals surface area contributed by atoms with E-state index in [-0.39, 0.29) is 0 Å². The molecule has 1 aliphatic rings. The number of aliphatic carboxylic acids is 1. The fourth-order valence-corrected chi connectivity index (χ4v) is 3.11. The van der Waals surface area contributed by atoms with Crippen LogP contribution in [-0.2, 0) is 24.7 Å². The number of benzene rings is 1. The molecule has 1 aromatic carbocycles. The maximum Gasteiger partial charge on any atom is 0.324 e. The van der Waals surface area contributed by atoms with Crippen LogP contribution in [0.25, 0.3) is 0 Å². The Bertz CT molecular complexity index is 666. The van der Waals surface area contributed by atoms with E-state index >= 15 is 0 Å².